The molecule has 0 amide bonds. The van der Waals surface area contributed by atoms with Gasteiger partial charge in [-0.05, 0) is 12.8 Å². The van der Waals surface area contributed by atoms with Crippen LogP contribution in [0.1, 0.15) is 32.1 Å². The summed E-state index contributed by atoms with van der Waals surface area (Å²) in [5, 5.41) is 0. The maximum Gasteiger partial charge on any atom is 0.324 e. The number of rotatable bonds is 6. The van der Waals surface area contributed by atoms with Gasteiger partial charge in [-0.2, -0.15) is 9.97 Å². The van der Waals surface area contributed by atoms with Crippen LogP contribution < -0.4 is 14.4 Å². The quantitative estimate of drug-likeness (QED) is 0.751. The third-order valence-corrected chi connectivity index (χ3v) is 3.71. The molecule has 1 aliphatic carbocycles. The summed E-state index contributed by atoms with van der Waals surface area (Å²) >= 11 is 5.94. The van der Waals surface area contributed by atoms with E-state index in [1.165, 1.54) is 33.5 Å². The first-order chi connectivity index (χ1) is 9.78. The Morgan fingerprint density at radius 3 is 2.15 bits per heavy atom. The van der Waals surface area contributed by atoms with Crippen molar-refractivity contribution in [3.8, 4) is 12.0 Å². The largest absolute Gasteiger partial charge is 0.467 e. The summed E-state index contributed by atoms with van der Waals surface area (Å²) in [6, 6.07) is 0.962. The van der Waals surface area contributed by atoms with Gasteiger partial charge >= 0.3 is 12.0 Å². The lowest BCUT2D eigenvalue weighted by Crippen LogP contribution is -2.39. The van der Waals surface area contributed by atoms with Crippen LogP contribution in [0.4, 0.5) is 5.95 Å². The molecule has 0 spiro atoms. The van der Waals surface area contributed by atoms with Gasteiger partial charge in [0.25, 0.3) is 0 Å². The summed E-state index contributed by atoms with van der Waals surface area (Å²) in [6.07, 6.45) is 6.07. The van der Waals surface area contributed by atoms with E-state index in [2.05, 4.69) is 19.9 Å². The van der Waals surface area contributed by atoms with Crippen LogP contribution in [0, 0.1) is 0 Å². The summed E-state index contributed by atoms with van der Waals surface area (Å²) in [6.45, 7) is 0.711. The lowest BCUT2D eigenvalue weighted by molar-refractivity contribution is 0.337. The first-order valence-corrected chi connectivity index (χ1v) is 7.48. The normalized spacial score (nSPS) is 15.9. The first kappa shape index (κ1) is 15.1. The van der Waals surface area contributed by atoms with Gasteiger partial charge in [-0.1, -0.05) is 19.3 Å². The van der Waals surface area contributed by atoms with Gasteiger partial charge in [0.05, 0.1) is 14.2 Å². The molecule has 7 heteroatoms. The average molecular weight is 301 g/mol. The second-order valence-corrected chi connectivity index (χ2v) is 5.16. The van der Waals surface area contributed by atoms with Gasteiger partial charge in [0.1, 0.15) is 0 Å². The SMILES string of the molecule is COc1nc(OC)nc(N(CCCl)C2CCCCC2)n1. The van der Waals surface area contributed by atoms with Crippen LogP contribution in [0.2, 0.25) is 0 Å². The molecular formula is C13H21ClN4O2. The summed E-state index contributed by atoms with van der Waals surface area (Å²) in [5.41, 5.74) is 0. The Morgan fingerprint density at radius 2 is 1.65 bits per heavy atom. The molecule has 6 nitrogen and oxygen atoms in total. The van der Waals surface area contributed by atoms with Crippen molar-refractivity contribution >= 4 is 17.5 Å². The molecule has 0 N–H and O–H groups in total. The third kappa shape index (κ3) is 3.62. The van der Waals surface area contributed by atoms with Crippen molar-refractivity contribution in [2.75, 3.05) is 31.5 Å². The molecule has 1 aromatic rings. The fourth-order valence-electron chi connectivity index (χ4n) is 2.57. The molecule has 1 fully saturated rings. The van der Waals surface area contributed by atoms with Crippen molar-refractivity contribution in [3.63, 3.8) is 0 Å². The van der Waals surface area contributed by atoms with E-state index in [-0.39, 0.29) is 12.0 Å². The van der Waals surface area contributed by atoms with Crippen molar-refractivity contribution in [2.45, 2.75) is 38.1 Å². The molecule has 1 aliphatic rings. The zero-order chi connectivity index (χ0) is 14.4. The Bertz CT molecular complexity index is 405. The molecule has 0 saturated heterocycles. The van der Waals surface area contributed by atoms with Crippen molar-refractivity contribution < 1.29 is 9.47 Å². The van der Waals surface area contributed by atoms with Crippen LogP contribution in [-0.2, 0) is 0 Å². The van der Waals surface area contributed by atoms with Gasteiger partial charge in [0, 0.05) is 18.5 Å². The van der Waals surface area contributed by atoms with Crippen molar-refractivity contribution in [2.24, 2.45) is 0 Å². The van der Waals surface area contributed by atoms with Crippen molar-refractivity contribution in [1.29, 1.82) is 0 Å². The molecule has 1 heterocycles. The van der Waals surface area contributed by atoms with Crippen molar-refractivity contribution in [1.82, 2.24) is 15.0 Å². The Labute approximate surface area is 124 Å². The lowest BCUT2D eigenvalue weighted by atomic mass is 9.94. The van der Waals surface area contributed by atoms with Gasteiger partial charge in [-0.3, -0.25) is 0 Å². The Morgan fingerprint density at radius 1 is 1.05 bits per heavy atom. The average Bonchev–Trinajstić information content (AvgIpc) is 2.52. The highest BCUT2D eigenvalue weighted by molar-refractivity contribution is 6.18. The molecule has 112 valence electrons. The molecule has 0 aliphatic heterocycles. The molecule has 1 saturated carbocycles. The van der Waals surface area contributed by atoms with E-state index in [0.29, 0.717) is 24.4 Å². The summed E-state index contributed by atoms with van der Waals surface area (Å²) in [4.78, 5) is 14.9. The van der Waals surface area contributed by atoms with E-state index >= 15 is 0 Å². The van der Waals surface area contributed by atoms with Gasteiger partial charge in [0.2, 0.25) is 5.95 Å². The second-order valence-electron chi connectivity index (χ2n) is 4.78. The highest BCUT2D eigenvalue weighted by Gasteiger charge is 2.24. The molecule has 0 bridgehead atoms. The number of alkyl halides is 1. The van der Waals surface area contributed by atoms with Crippen molar-refractivity contribution in [3.05, 3.63) is 0 Å². The maximum absolute atomic E-state index is 5.94. The number of anilines is 1. The highest BCUT2D eigenvalue weighted by Crippen LogP contribution is 2.26. The Balaban J connectivity index is 2.27. The van der Waals surface area contributed by atoms with E-state index in [1.807, 2.05) is 0 Å². The first-order valence-electron chi connectivity index (χ1n) is 6.95. The molecule has 0 aromatic carbocycles. The molecule has 0 radical (unpaired) electrons. The van der Waals surface area contributed by atoms with Crippen LogP contribution in [-0.4, -0.2) is 47.6 Å². The van der Waals surface area contributed by atoms with E-state index in [0.717, 1.165) is 12.8 Å². The van der Waals surface area contributed by atoms with Gasteiger partial charge in [-0.15, -0.1) is 16.6 Å². The summed E-state index contributed by atoms with van der Waals surface area (Å²) in [7, 11) is 3.07. The van der Waals surface area contributed by atoms with E-state index in [1.54, 1.807) is 0 Å². The fraction of sp³-hybridized carbons (Fsp3) is 0.769. The third-order valence-electron chi connectivity index (χ3n) is 3.55. The second kappa shape index (κ2) is 7.47. The monoisotopic (exact) mass is 300 g/mol. The zero-order valence-corrected chi connectivity index (χ0v) is 12.8. The van der Waals surface area contributed by atoms with Crippen LogP contribution >= 0.6 is 11.6 Å². The minimum atomic E-state index is 0.266. The van der Waals surface area contributed by atoms with Crippen LogP contribution in [0.5, 0.6) is 12.0 Å². The molecule has 0 unspecified atom stereocenters. The Hall–Kier alpha value is -1.30. The molecule has 1 aromatic heterocycles. The van der Waals surface area contributed by atoms with Crippen LogP contribution in [0.25, 0.3) is 0 Å². The number of methoxy groups -OCH3 is 2. The van der Waals surface area contributed by atoms with E-state index < -0.39 is 0 Å². The van der Waals surface area contributed by atoms with Gasteiger partial charge in [0.15, 0.2) is 0 Å². The van der Waals surface area contributed by atoms with E-state index in [9.17, 15) is 0 Å². The number of hydrogen-bond acceptors (Lipinski definition) is 6. The van der Waals surface area contributed by atoms with Crippen LogP contribution in [0.15, 0.2) is 0 Å². The lowest BCUT2D eigenvalue weighted by Gasteiger charge is -2.33. The summed E-state index contributed by atoms with van der Waals surface area (Å²) < 4.78 is 10.2. The number of aromatic nitrogens is 3. The topological polar surface area (TPSA) is 60.4 Å². The molecule has 0 atom stereocenters. The number of hydrogen-bond donors (Lipinski definition) is 0. The maximum atomic E-state index is 5.94. The standard InChI is InChI=1S/C13H21ClN4O2/c1-19-12-15-11(16-13(17-12)20-2)18(9-8-14)10-6-4-3-5-7-10/h10H,3-9H2,1-2H3. The van der Waals surface area contributed by atoms with Gasteiger partial charge in [-0.25, -0.2) is 0 Å². The molecular weight excluding hydrogens is 280 g/mol. The molecule has 20 heavy (non-hydrogen) atoms. The van der Waals surface area contributed by atoms with Crippen LogP contribution in [0.3, 0.4) is 0 Å². The number of nitrogens with zero attached hydrogens (tertiary/aromatic N) is 4. The zero-order valence-electron chi connectivity index (χ0n) is 12.0. The minimum absolute atomic E-state index is 0.266. The van der Waals surface area contributed by atoms with Gasteiger partial charge < -0.3 is 14.4 Å². The highest BCUT2D eigenvalue weighted by atomic mass is 35.5. The van der Waals surface area contributed by atoms with E-state index in [4.69, 9.17) is 21.1 Å². The minimum Gasteiger partial charge on any atom is -0.467 e. The molecule has 2 rings (SSSR count). The fourth-order valence-corrected chi connectivity index (χ4v) is 2.75. The predicted molar refractivity (Wildman–Crippen MR) is 77.9 cm³/mol. The predicted octanol–water partition coefficient (Wildman–Crippen LogP) is 2.27. The Kier molecular flexibility index (Phi) is 5.64. The number of ether oxygens (including phenoxy) is 2. The summed E-state index contributed by atoms with van der Waals surface area (Å²) in [5.74, 6) is 1.12. The smallest absolute Gasteiger partial charge is 0.324 e. The number of halogens is 1.